The fraction of sp³-hybridized carbons (Fsp3) is 0.200. The van der Waals surface area contributed by atoms with Gasteiger partial charge in [0.15, 0.2) is 5.69 Å². The first-order chi connectivity index (χ1) is 16.1. The summed E-state index contributed by atoms with van der Waals surface area (Å²) in [6, 6.07) is 17.9. The summed E-state index contributed by atoms with van der Waals surface area (Å²) in [6.07, 6.45) is 2.68. The molecule has 5 rings (SSSR count). The van der Waals surface area contributed by atoms with E-state index in [0.717, 1.165) is 37.4 Å². The Morgan fingerprint density at radius 3 is 2.82 bits per heavy atom. The average molecular weight is 442 g/mol. The van der Waals surface area contributed by atoms with Crippen LogP contribution in [-0.2, 0) is 19.5 Å². The Morgan fingerprint density at radius 2 is 2.00 bits per heavy atom. The first-order valence-electron chi connectivity index (χ1n) is 10.8. The van der Waals surface area contributed by atoms with Crippen molar-refractivity contribution in [3.63, 3.8) is 0 Å². The first-order valence-corrected chi connectivity index (χ1v) is 10.8. The van der Waals surface area contributed by atoms with Crippen molar-refractivity contribution >= 4 is 11.6 Å². The lowest BCUT2D eigenvalue weighted by Gasteiger charge is -2.29. The van der Waals surface area contributed by atoms with E-state index >= 15 is 0 Å². The Kier molecular flexibility index (Phi) is 5.66. The molecule has 166 valence electrons. The van der Waals surface area contributed by atoms with Crippen molar-refractivity contribution in [3.05, 3.63) is 101 Å². The van der Waals surface area contributed by atoms with Crippen LogP contribution in [0.1, 0.15) is 33.0 Å². The number of benzene rings is 2. The number of amides is 1. The Hall–Kier alpha value is -3.91. The van der Waals surface area contributed by atoms with Crippen molar-refractivity contribution in [2.75, 3.05) is 11.9 Å². The normalized spacial score (nSPS) is 13.5. The van der Waals surface area contributed by atoms with Gasteiger partial charge in [0.25, 0.3) is 5.91 Å². The van der Waals surface area contributed by atoms with E-state index in [1.54, 1.807) is 16.8 Å². The molecule has 7 nitrogen and oxygen atoms in total. The highest BCUT2D eigenvalue weighted by Crippen LogP contribution is 2.27. The maximum absolute atomic E-state index is 13.4. The van der Waals surface area contributed by atoms with Crippen molar-refractivity contribution in [3.8, 4) is 5.69 Å². The lowest BCUT2D eigenvalue weighted by atomic mass is 9.97. The number of hydrogen-bond donors (Lipinski definition) is 1. The fourth-order valence-electron chi connectivity index (χ4n) is 4.23. The molecule has 8 heteroatoms. The minimum Gasteiger partial charge on any atom is -0.320 e. The van der Waals surface area contributed by atoms with Gasteiger partial charge in [-0.3, -0.25) is 14.7 Å². The number of pyridine rings is 1. The number of anilines is 1. The largest absolute Gasteiger partial charge is 0.320 e. The maximum atomic E-state index is 13.4. The quantitative estimate of drug-likeness (QED) is 0.507. The standard InChI is InChI=1S/C25H23FN6O/c1-17-24(25(33)28-20-9-5-7-19(26)14-20)29-30-32(17)23-10-4-6-18-15-31(13-11-22(18)23)16-21-8-2-3-12-27-21/h2-10,12,14H,11,13,15-16H2,1H3,(H,28,33). The molecule has 1 aliphatic rings. The number of carbonyl (C=O) groups is 1. The molecule has 2 aromatic carbocycles. The molecule has 0 bridgehead atoms. The maximum Gasteiger partial charge on any atom is 0.278 e. The zero-order chi connectivity index (χ0) is 22.8. The predicted molar refractivity (Wildman–Crippen MR) is 123 cm³/mol. The summed E-state index contributed by atoms with van der Waals surface area (Å²) in [5.41, 5.74) is 5.64. The second kappa shape index (κ2) is 8.91. The van der Waals surface area contributed by atoms with Crippen LogP contribution in [0.2, 0.25) is 0 Å². The van der Waals surface area contributed by atoms with Crippen LogP contribution in [0.15, 0.2) is 66.9 Å². The van der Waals surface area contributed by atoms with Gasteiger partial charge >= 0.3 is 0 Å². The highest BCUT2D eigenvalue weighted by Gasteiger charge is 2.23. The fourth-order valence-corrected chi connectivity index (χ4v) is 4.23. The third-order valence-electron chi connectivity index (χ3n) is 5.85. The van der Waals surface area contributed by atoms with Crippen LogP contribution in [0.25, 0.3) is 5.69 Å². The van der Waals surface area contributed by atoms with E-state index in [4.69, 9.17) is 0 Å². The monoisotopic (exact) mass is 442 g/mol. The van der Waals surface area contributed by atoms with E-state index in [-0.39, 0.29) is 5.69 Å². The molecular formula is C25H23FN6O. The third kappa shape index (κ3) is 4.38. The van der Waals surface area contributed by atoms with E-state index in [1.807, 2.05) is 43.5 Å². The minimum absolute atomic E-state index is 0.212. The Labute approximate surface area is 190 Å². The van der Waals surface area contributed by atoms with E-state index < -0.39 is 11.7 Å². The van der Waals surface area contributed by atoms with Crippen LogP contribution in [0.5, 0.6) is 0 Å². The zero-order valence-corrected chi connectivity index (χ0v) is 18.2. The summed E-state index contributed by atoms with van der Waals surface area (Å²) in [5, 5.41) is 11.1. The molecule has 33 heavy (non-hydrogen) atoms. The molecule has 0 unspecified atom stereocenters. The van der Waals surface area contributed by atoms with E-state index in [0.29, 0.717) is 11.4 Å². The molecule has 0 aliphatic carbocycles. The topological polar surface area (TPSA) is 75.9 Å². The van der Waals surface area contributed by atoms with Gasteiger partial charge in [-0.15, -0.1) is 5.10 Å². The number of nitrogens with one attached hydrogen (secondary N) is 1. The molecule has 0 atom stereocenters. The number of halogens is 1. The van der Waals surface area contributed by atoms with E-state index in [1.165, 1.54) is 23.3 Å². The molecule has 0 saturated heterocycles. The number of fused-ring (bicyclic) bond motifs is 1. The van der Waals surface area contributed by atoms with E-state index in [9.17, 15) is 9.18 Å². The van der Waals surface area contributed by atoms with Gasteiger partial charge in [-0.25, -0.2) is 9.07 Å². The average Bonchev–Trinajstić information content (AvgIpc) is 3.20. The van der Waals surface area contributed by atoms with Gasteiger partial charge in [0.2, 0.25) is 0 Å². The van der Waals surface area contributed by atoms with Crippen molar-refractivity contribution in [2.45, 2.75) is 26.4 Å². The van der Waals surface area contributed by atoms with Gasteiger partial charge in [0.05, 0.1) is 17.1 Å². The van der Waals surface area contributed by atoms with Crippen LogP contribution in [0, 0.1) is 12.7 Å². The molecule has 1 amide bonds. The Balaban J connectivity index is 1.37. The molecule has 1 aliphatic heterocycles. The molecule has 2 aromatic heterocycles. The molecule has 0 fully saturated rings. The van der Waals surface area contributed by atoms with Gasteiger partial charge in [-0.05, 0) is 60.9 Å². The number of carbonyl (C=O) groups excluding carboxylic acids is 1. The SMILES string of the molecule is Cc1c(C(=O)Nc2cccc(F)c2)nnn1-c1cccc2c1CCN(Cc1ccccn1)C2. The van der Waals surface area contributed by atoms with Gasteiger partial charge in [0, 0.05) is 31.5 Å². The smallest absolute Gasteiger partial charge is 0.278 e. The summed E-state index contributed by atoms with van der Waals surface area (Å²) in [4.78, 5) is 19.5. The molecule has 4 aromatic rings. The number of rotatable bonds is 5. The lowest BCUT2D eigenvalue weighted by molar-refractivity contribution is 0.102. The highest BCUT2D eigenvalue weighted by molar-refractivity contribution is 6.03. The molecular weight excluding hydrogens is 419 g/mol. The molecule has 3 heterocycles. The zero-order valence-electron chi connectivity index (χ0n) is 18.2. The second-order valence-electron chi connectivity index (χ2n) is 8.10. The van der Waals surface area contributed by atoms with Crippen LogP contribution < -0.4 is 5.32 Å². The van der Waals surface area contributed by atoms with Crippen molar-refractivity contribution in [1.82, 2.24) is 24.9 Å². The summed E-state index contributed by atoms with van der Waals surface area (Å²) < 4.78 is 15.2. The van der Waals surface area contributed by atoms with Gasteiger partial charge in [-0.2, -0.15) is 0 Å². The van der Waals surface area contributed by atoms with Gasteiger partial charge < -0.3 is 5.32 Å². The van der Waals surface area contributed by atoms with E-state index in [2.05, 4.69) is 31.6 Å². The third-order valence-corrected chi connectivity index (χ3v) is 5.85. The Bertz CT molecular complexity index is 1300. The van der Waals surface area contributed by atoms with Crippen LogP contribution in [0.4, 0.5) is 10.1 Å². The number of aromatic nitrogens is 4. The van der Waals surface area contributed by atoms with Crippen molar-refractivity contribution in [1.29, 1.82) is 0 Å². The molecule has 1 N–H and O–H groups in total. The summed E-state index contributed by atoms with van der Waals surface area (Å²) >= 11 is 0. The van der Waals surface area contributed by atoms with Crippen LogP contribution in [0.3, 0.4) is 0 Å². The van der Waals surface area contributed by atoms with Crippen LogP contribution >= 0.6 is 0 Å². The minimum atomic E-state index is -0.421. The summed E-state index contributed by atoms with van der Waals surface area (Å²) in [6.45, 7) is 4.34. The number of nitrogens with zero attached hydrogens (tertiary/aromatic N) is 5. The van der Waals surface area contributed by atoms with Crippen molar-refractivity contribution in [2.24, 2.45) is 0 Å². The Morgan fingerprint density at radius 1 is 1.12 bits per heavy atom. The lowest BCUT2D eigenvalue weighted by Crippen LogP contribution is -2.31. The second-order valence-corrected chi connectivity index (χ2v) is 8.10. The molecule has 0 radical (unpaired) electrons. The van der Waals surface area contributed by atoms with Crippen LogP contribution in [-0.4, -0.2) is 37.3 Å². The number of hydrogen-bond acceptors (Lipinski definition) is 5. The van der Waals surface area contributed by atoms with Gasteiger partial charge in [0.1, 0.15) is 5.82 Å². The predicted octanol–water partition coefficient (Wildman–Crippen LogP) is 3.92. The van der Waals surface area contributed by atoms with Crippen molar-refractivity contribution < 1.29 is 9.18 Å². The molecule has 0 saturated carbocycles. The van der Waals surface area contributed by atoms with Gasteiger partial charge in [-0.1, -0.05) is 29.5 Å². The summed E-state index contributed by atoms with van der Waals surface area (Å²) in [7, 11) is 0. The molecule has 0 spiro atoms. The highest BCUT2D eigenvalue weighted by atomic mass is 19.1. The first kappa shape index (κ1) is 21.0. The summed E-state index contributed by atoms with van der Waals surface area (Å²) in [5.74, 6) is -0.836.